The quantitative estimate of drug-likeness (QED) is 0.917. The first kappa shape index (κ1) is 16.7. The molecular weight excluding hydrogens is 304 g/mol. The van der Waals surface area contributed by atoms with Gasteiger partial charge in [0.1, 0.15) is 0 Å². The zero-order valence-corrected chi connectivity index (χ0v) is 14.1. The van der Waals surface area contributed by atoms with Crippen molar-refractivity contribution in [2.24, 2.45) is 0 Å². The van der Waals surface area contributed by atoms with E-state index in [1.54, 1.807) is 0 Å². The fourth-order valence-electron chi connectivity index (χ4n) is 3.18. The standard InChI is InChI=1S/C19H24N2O3/c1-2-10-24-16-7-5-9-21(13-16)18(22)12-15-11-14-6-3-4-8-17(14)20-19(15)23/h3-4,6,8,11,16H,2,5,7,9-10,12-13H2,1H3,(H,20,23)/t16-/m0/s1. The van der Waals surface area contributed by atoms with Crippen LogP contribution in [-0.2, 0) is 16.0 Å². The van der Waals surface area contributed by atoms with Crippen LogP contribution in [0.5, 0.6) is 0 Å². The molecule has 1 aliphatic heterocycles. The maximum Gasteiger partial charge on any atom is 0.252 e. The smallest absolute Gasteiger partial charge is 0.252 e. The monoisotopic (exact) mass is 328 g/mol. The molecule has 5 nitrogen and oxygen atoms in total. The Morgan fingerprint density at radius 3 is 3.04 bits per heavy atom. The normalized spacial score (nSPS) is 18.0. The molecule has 1 amide bonds. The Hall–Kier alpha value is -2.14. The number of fused-ring (bicyclic) bond motifs is 1. The number of likely N-dealkylation sites (tertiary alicyclic amines) is 1. The number of H-pyrrole nitrogens is 1. The van der Waals surface area contributed by atoms with Crippen molar-refractivity contribution in [3.05, 3.63) is 46.2 Å². The molecule has 0 spiro atoms. The molecule has 3 rings (SSSR count). The van der Waals surface area contributed by atoms with Crippen LogP contribution in [-0.4, -0.2) is 41.6 Å². The van der Waals surface area contributed by atoms with Crippen LogP contribution < -0.4 is 5.56 Å². The third kappa shape index (κ3) is 3.85. The van der Waals surface area contributed by atoms with Crippen LogP contribution >= 0.6 is 0 Å². The lowest BCUT2D eigenvalue weighted by Gasteiger charge is -2.32. The molecule has 1 N–H and O–H groups in total. The second-order valence-electron chi connectivity index (χ2n) is 6.36. The van der Waals surface area contributed by atoms with E-state index in [2.05, 4.69) is 11.9 Å². The van der Waals surface area contributed by atoms with Crippen LogP contribution in [0.3, 0.4) is 0 Å². The van der Waals surface area contributed by atoms with Gasteiger partial charge >= 0.3 is 0 Å². The van der Waals surface area contributed by atoms with Gasteiger partial charge in [-0.05, 0) is 36.8 Å². The van der Waals surface area contributed by atoms with Crippen molar-refractivity contribution in [2.75, 3.05) is 19.7 Å². The number of carbonyl (C=O) groups is 1. The van der Waals surface area contributed by atoms with E-state index in [0.29, 0.717) is 12.1 Å². The lowest BCUT2D eigenvalue weighted by molar-refractivity contribution is -0.134. The minimum atomic E-state index is -0.183. The molecule has 0 radical (unpaired) electrons. The van der Waals surface area contributed by atoms with Crippen molar-refractivity contribution >= 4 is 16.8 Å². The van der Waals surface area contributed by atoms with Gasteiger partial charge in [-0.3, -0.25) is 9.59 Å². The molecule has 1 aromatic carbocycles. The summed E-state index contributed by atoms with van der Waals surface area (Å²) >= 11 is 0. The Kier molecular flexibility index (Phi) is 5.30. The van der Waals surface area contributed by atoms with E-state index in [4.69, 9.17) is 4.74 Å². The number of piperidine rings is 1. The second-order valence-corrected chi connectivity index (χ2v) is 6.36. The first-order valence-electron chi connectivity index (χ1n) is 8.67. The molecule has 1 saturated heterocycles. The number of rotatable bonds is 5. The molecule has 1 fully saturated rings. The highest BCUT2D eigenvalue weighted by Gasteiger charge is 2.24. The summed E-state index contributed by atoms with van der Waals surface area (Å²) < 4.78 is 5.78. The molecular formula is C19H24N2O3. The van der Waals surface area contributed by atoms with Gasteiger partial charge in [0.25, 0.3) is 5.56 Å². The lowest BCUT2D eigenvalue weighted by Crippen LogP contribution is -2.44. The van der Waals surface area contributed by atoms with Crippen molar-refractivity contribution in [3.8, 4) is 0 Å². The van der Waals surface area contributed by atoms with Gasteiger partial charge in [0.2, 0.25) is 5.91 Å². The number of nitrogens with zero attached hydrogens (tertiary/aromatic N) is 1. The lowest BCUT2D eigenvalue weighted by atomic mass is 10.1. The van der Waals surface area contributed by atoms with Gasteiger partial charge in [0.05, 0.1) is 12.5 Å². The van der Waals surface area contributed by atoms with Crippen molar-refractivity contribution in [2.45, 2.75) is 38.7 Å². The van der Waals surface area contributed by atoms with Crippen molar-refractivity contribution in [3.63, 3.8) is 0 Å². The summed E-state index contributed by atoms with van der Waals surface area (Å²) in [7, 11) is 0. The Bertz CT molecular complexity index is 769. The Labute approximate surface area is 141 Å². The van der Waals surface area contributed by atoms with Crippen LogP contribution in [0.25, 0.3) is 10.9 Å². The molecule has 0 saturated carbocycles. The maximum atomic E-state index is 12.6. The number of pyridine rings is 1. The fraction of sp³-hybridized carbons (Fsp3) is 0.474. The molecule has 24 heavy (non-hydrogen) atoms. The molecule has 2 heterocycles. The van der Waals surface area contributed by atoms with E-state index < -0.39 is 0 Å². The number of para-hydroxylation sites is 1. The van der Waals surface area contributed by atoms with Crippen molar-refractivity contribution in [1.82, 2.24) is 9.88 Å². The molecule has 1 aromatic heterocycles. The topological polar surface area (TPSA) is 62.4 Å². The molecule has 0 aliphatic carbocycles. The summed E-state index contributed by atoms with van der Waals surface area (Å²) in [6.45, 7) is 4.19. The highest BCUT2D eigenvalue weighted by atomic mass is 16.5. The van der Waals surface area contributed by atoms with Gasteiger partial charge in [-0.25, -0.2) is 0 Å². The predicted octanol–water partition coefficient (Wildman–Crippen LogP) is 2.49. The fourth-order valence-corrected chi connectivity index (χ4v) is 3.18. The van der Waals surface area contributed by atoms with Gasteiger partial charge in [0, 0.05) is 30.8 Å². The third-order valence-electron chi connectivity index (χ3n) is 4.46. The van der Waals surface area contributed by atoms with Gasteiger partial charge in [-0.15, -0.1) is 0 Å². The molecule has 5 heteroatoms. The Balaban J connectivity index is 1.70. The van der Waals surface area contributed by atoms with E-state index in [9.17, 15) is 9.59 Å². The summed E-state index contributed by atoms with van der Waals surface area (Å²) in [4.78, 5) is 29.5. The van der Waals surface area contributed by atoms with Gasteiger partial charge in [-0.2, -0.15) is 0 Å². The molecule has 1 aliphatic rings. The Morgan fingerprint density at radius 1 is 1.38 bits per heavy atom. The molecule has 0 unspecified atom stereocenters. The van der Waals surface area contributed by atoms with Crippen molar-refractivity contribution < 1.29 is 9.53 Å². The maximum absolute atomic E-state index is 12.6. The number of amides is 1. The number of ether oxygens (including phenoxy) is 1. The number of hydrogen-bond donors (Lipinski definition) is 1. The Morgan fingerprint density at radius 2 is 2.21 bits per heavy atom. The third-order valence-corrected chi connectivity index (χ3v) is 4.46. The number of aromatic amines is 1. The molecule has 128 valence electrons. The van der Waals surface area contributed by atoms with Crippen LogP contribution in [0.1, 0.15) is 31.7 Å². The SMILES string of the molecule is CCCO[C@H]1CCCN(C(=O)Cc2cc3ccccc3[nH]c2=O)C1. The summed E-state index contributed by atoms with van der Waals surface area (Å²) in [6, 6.07) is 9.43. The van der Waals surface area contributed by atoms with Crippen LogP contribution in [0, 0.1) is 0 Å². The number of nitrogens with one attached hydrogen (secondary N) is 1. The van der Waals surface area contributed by atoms with Gasteiger partial charge in [0.15, 0.2) is 0 Å². The van der Waals surface area contributed by atoms with Crippen LogP contribution in [0.15, 0.2) is 35.1 Å². The number of carbonyl (C=O) groups excluding carboxylic acids is 1. The molecule has 0 bridgehead atoms. The number of hydrogen-bond acceptors (Lipinski definition) is 3. The van der Waals surface area contributed by atoms with Crippen molar-refractivity contribution in [1.29, 1.82) is 0 Å². The van der Waals surface area contributed by atoms with E-state index in [1.165, 1.54) is 0 Å². The predicted molar refractivity (Wildman–Crippen MR) is 94.1 cm³/mol. The number of aromatic nitrogens is 1. The average Bonchev–Trinajstić information content (AvgIpc) is 2.60. The zero-order chi connectivity index (χ0) is 16.9. The summed E-state index contributed by atoms with van der Waals surface area (Å²) in [5.41, 5.74) is 1.14. The van der Waals surface area contributed by atoms with E-state index in [-0.39, 0.29) is 24.0 Å². The molecule has 1 atom stereocenters. The minimum absolute atomic E-state index is 0.000537. The first-order chi connectivity index (χ1) is 11.7. The average molecular weight is 328 g/mol. The summed E-state index contributed by atoms with van der Waals surface area (Å²) in [6.07, 6.45) is 3.20. The summed E-state index contributed by atoms with van der Waals surface area (Å²) in [5, 5.41) is 0.947. The highest BCUT2D eigenvalue weighted by molar-refractivity contribution is 5.82. The van der Waals surface area contributed by atoms with E-state index >= 15 is 0 Å². The van der Waals surface area contributed by atoms with Crippen LogP contribution in [0.2, 0.25) is 0 Å². The zero-order valence-electron chi connectivity index (χ0n) is 14.1. The largest absolute Gasteiger partial charge is 0.376 e. The van der Waals surface area contributed by atoms with Gasteiger partial charge in [-0.1, -0.05) is 25.1 Å². The van der Waals surface area contributed by atoms with E-state index in [1.807, 2.05) is 35.2 Å². The minimum Gasteiger partial charge on any atom is -0.376 e. The molecule has 2 aromatic rings. The first-order valence-corrected chi connectivity index (χ1v) is 8.67. The van der Waals surface area contributed by atoms with E-state index in [0.717, 1.165) is 43.3 Å². The summed E-state index contributed by atoms with van der Waals surface area (Å²) in [5.74, 6) is 0.000537. The van der Waals surface area contributed by atoms with Gasteiger partial charge < -0.3 is 14.6 Å². The highest BCUT2D eigenvalue weighted by Crippen LogP contribution is 2.16. The number of benzene rings is 1. The van der Waals surface area contributed by atoms with Crippen LogP contribution in [0.4, 0.5) is 0 Å². The second kappa shape index (κ2) is 7.62.